The van der Waals surface area contributed by atoms with Crippen molar-refractivity contribution in [2.24, 2.45) is 0 Å². The van der Waals surface area contributed by atoms with Gasteiger partial charge in [-0.1, -0.05) is 0 Å². The number of nitrogens with zero attached hydrogens (tertiary/aromatic N) is 1. The molecule has 0 radical (unpaired) electrons. The number of anilines is 1. The monoisotopic (exact) mass is 224 g/mol. The Kier molecular flexibility index (Phi) is 2.97. The highest BCUT2D eigenvalue weighted by molar-refractivity contribution is 5.48. The van der Waals surface area contributed by atoms with Crippen LogP contribution in [0.5, 0.6) is 11.5 Å². The van der Waals surface area contributed by atoms with Crippen LogP contribution in [0.1, 0.15) is 11.1 Å². The topological polar surface area (TPSA) is 59.0 Å². The van der Waals surface area contributed by atoms with Gasteiger partial charge in [-0.2, -0.15) is 5.26 Å². The molecule has 0 aromatic heterocycles. The van der Waals surface area contributed by atoms with Gasteiger partial charge in [0.1, 0.15) is 11.5 Å². The number of rotatable bonds is 2. The van der Waals surface area contributed by atoms with Gasteiger partial charge in [-0.15, -0.1) is 0 Å². The zero-order valence-corrected chi connectivity index (χ0v) is 9.47. The third kappa shape index (κ3) is 2.56. The van der Waals surface area contributed by atoms with Gasteiger partial charge in [-0.05, 0) is 55.0 Å². The SMILES string of the molecule is Cc1cc(N)ccc1Oc1ccc(C#N)cc1. The van der Waals surface area contributed by atoms with Crippen LogP contribution < -0.4 is 10.5 Å². The molecule has 2 N–H and O–H groups in total. The maximum absolute atomic E-state index is 8.69. The molecule has 0 saturated heterocycles. The van der Waals surface area contributed by atoms with Gasteiger partial charge in [-0.3, -0.25) is 0 Å². The number of nitrogen functional groups attached to an aromatic ring is 1. The minimum Gasteiger partial charge on any atom is -0.457 e. The molecule has 84 valence electrons. The Morgan fingerprint density at radius 1 is 1.12 bits per heavy atom. The number of aryl methyl sites for hydroxylation is 1. The molecule has 0 saturated carbocycles. The molecule has 0 aliphatic carbocycles. The van der Waals surface area contributed by atoms with Gasteiger partial charge in [0.2, 0.25) is 0 Å². The highest BCUT2D eigenvalue weighted by atomic mass is 16.5. The van der Waals surface area contributed by atoms with Crippen molar-refractivity contribution in [2.75, 3.05) is 5.73 Å². The van der Waals surface area contributed by atoms with Gasteiger partial charge < -0.3 is 10.5 Å². The summed E-state index contributed by atoms with van der Waals surface area (Å²) in [6.45, 7) is 1.94. The maximum Gasteiger partial charge on any atom is 0.130 e. The van der Waals surface area contributed by atoms with E-state index in [0.717, 1.165) is 17.0 Å². The largest absolute Gasteiger partial charge is 0.457 e. The summed E-state index contributed by atoms with van der Waals surface area (Å²) in [7, 11) is 0. The van der Waals surface area contributed by atoms with Crippen molar-refractivity contribution in [3.63, 3.8) is 0 Å². The van der Waals surface area contributed by atoms with Crippen molar-refractivity contribution >= 4 is 5.69 Å². The first-order valence-electron chi connectivity index (χ1n) is 5.23. The average molecular weight is 224 g/mol. The van der Waals surface area contributed by atoms with Crippen LogP contribution in [0, 0.1) is 18.3 Å². The number of hydrogen-bond donors (Lipinski definition) is 1. The van der Waals surface area contributed by atoms with E-state index in [2.05, 4.69) is 6.07 Å². The van der Waals surface area contributed by atoms with Crippen LogP contribution in [0.3, 0.4) is 0 Å². The maximum atomic E-state index is 8.69. The third-order valence-electron chi connectivity index (χ3n) is 2.41. The second-order valence-corrected chi connectivity index (χ2v) is 3.76. The van der Waals surface area contributed by atoms with Crippen LogP contribution >= 0.6 is 0 Å². The fraction of sp³-hybridized carbons (Fsp3) is 0.0714. The number of benzene rings is 2. The summed E-state index contributed by atoms with van der Waals surface area (Å²) in [5.41, 5.74) is 7.98. The molecule has 17 heavy (non-hydrogen) atoms. The Balaban J connectivity index is 2.23. The summed E-state index contributed by atoms with van der Waals surface area (Å²) >= 11 is 0. The Bertz CT molecular complexity index is 568. The lowest BCUT2D eigenvalue weighted by Gasteiger charge is -2.09. The van der Waals surface area contributed by atoms with Crippen LogP contribution in [0.15, 0.2) is 42.5 Å². The molecule has 0 fully saturated rings. The first-order valence-corrected chi connectivity index (χ1v) is 5.23. The van der Waals surface area contributed by atoms with E-state index in [-0.39, 0.29) is 0 Å². The molecule has 3 nitrogen and oxygen atoms in total. The lowest BCUT2D eigenvalue weighted by atomic mass is 10.2. The van der Waals surface area contributed by atoms with E-state index >= 15 is 0 Å². The minimum absolute atomic E-state index is 0.617. The molecule has 0 aliphatic heterocycles. The first-order chi connectivity index (χ1) is 8.19. The molecular formula is C14H12N2O. The molecule has 0 unspecified atom stereocenters. The summed E-state index contributed by atoms with van der Waals surface area (Å²) in [6, 6.07) is 14.6. The zero-order valence-electron chi connectivity index (χ0n) is 9.47. The molecule has 0 spiro atoms. The number of hydrogen-bond acceptors (Lipinski definition) is 3. The lowest BCUT2D eigenvalue weighted by Crippen LogP contribution is -1.90. The molecule has 2 aromatic carbocycles. The smallest absolute Gasteiger partial charge is 0.130 e. The second-order valence-electron chi connectivity index (χ2n) is 3.76. The van der Waals surface area contributed by atoms with E-state index < -0.39 is 0 Å². The molecule has 0 bridgehead atoms. The van der Waals surface area contributed by atoms with Gasteiger partial charge in [-0.25, -0.2) is 0 Å². The van der Waals surface area contributed by atoms with Crippen molar-refractivity contribution in [3.05, 3.63) is 53.6 Å². The van der Waals surface area contributed by atoms with Gasteiger partial charge in [0.05, 0.1) is 11.6 Å². The van der Waals surface area contributed by atoms with E-state index in [1.165, 1.54) is 0 Å². The number of nitrogens with two attached hydrogens (primary N) is 1. The fourth-order valence-corrected chi connectivity index (χ4v) is 1.51. The normalized spacial score (nSPS) is 9.65. The van der Waals surface area contributed by atoms with Crippen LogP contribution in [0.2, 0.25) is 0 Å². The van der Waals surface area contributed by atoms with Gasteiger partial charge >= 0.3 is 0 Å². The summed E-state index contributed by atoms with van der Waals surface area (Å²) in [5, 5.41) is 8.69. The minimum atomic E-state index is 0.617. The summed E-state index contributed by atoms with van der Waals surface area (Å²) < 4.78 is 5.70. The van der Waals surface area contributed by atoms with Gasteiger partial charge in [0, 0.05) is 5.69 Å². The van der Waals surface area contributed by atoms with Crippen molar-refractivity contribution < 1.29 is 4.74 Å². The first kappa shape index (κ1) is 11.0. The van der Waals surface area contributed by atoms with Crippen molar-refractivity contribution in [3.8, 4) is 17.6 Å². The van der Waals surface area contributed by atoms with Crippen molar-refractivity contribution in [1.82, 2.24) is 0 Å². The molecule has 2 rings (SSSR count). The quantitative estimate of drug-likeness (QED) is 0.796. The third-order valence-corrected chi connectivity index (χ3v) is 2.41. The summed E-state index contributed by atoms with van der Waals surface area (Å²) in [6.07, 6.45) is 0. The summed E-state index contributed by atoms with van der Waals surface area (Å²) in [5.74, 6) is 1.47. The van der Waals surface area contributed by atoms with Crippen LogP contribution in [-0.4, -0.2) is 0 Å². The molecule has 0 amide bonds. The van der Waals surface area contributed by atoms with Crippen molar-refractivity contribution in [1.29, 1.82) is 5.26 Å². The standard InChI is InChI=1S/C14H12N2O/c1-10-8-12(16)4-7-14(10)17-13-5-2-11(9-15)3-6-13/h2-8H,16H2,1H3. The van der Waals surface area contributed by atoms with Crippen molar-refractivity contribution in [2.45, 2.75) is 6.92 Å². The van der Waals surface area contributed by atoms with Gasteiger partial charge in [0.15, 0.2) is 0 Å². The molecule has 0 heterocycles. The van der Waals surface area contributed by atoms with Crippen LogP contribution in [-0.2, 0) is 0 Å². The summed E-state index contributed by atoms with van der Waals surface area (Å²) in [4.78, 5) is 0. The molecule has 0 aliphatic rings. The average Bonchev–Trinajstić information content (AvgIpc) is 2.34. The predicted molar refractivity (Wildman–Crippen MR) is 66.8 cm³/mol. The fourth-order valence-electron chi connectivity index (χ4n) is 1.51. The number of nitriles is 1. The second kappa shape index (κ2) is 4.58. The Morgan fingerprint density at radius 2 is 1.82 bits per heavy atom. The lowest BCUT2D eigenvalue weighted by molar-refractivity contribution is 0.479. The molecule has 0 atom stereocenters. The van der Waals surface area contributed by atoms with Crippen LogP contribution in [0.25, 0.3) is 0 Å². The van der Waals surface area contributed by atoms with E-state index in [0.29, 0.717) is 11.3 Å². The highest BCUT2D eigenvalue weighted by Crippen LogP contribution is 2.26. The van der Waals surface area contributed by atoms with Crippen LogP contribution in [0.4, 0.5) is 5.69 Å². The molecular weight excluding hydrogens is 212 g/mol. The van der Waals surface area contributed by atoms with Gasteiger partial charge in [0.25, 0.3) is 0 Å². The van der Waals surface area contributed by atoms with E-state index in [1.807, 2.05) is 19.1 Å². The number of ether oxygens (including phenoxy) is 1. The van der Waals surface area contributed by atoms with E-state index in [1.54, 1.807) is 30.3 Å². The highest BCUT2D eigenvalue weighted by Gasteiger charge is 2.01. The van der Waals surface area contributed by atoms with E-state index in [4.69, 9.17) is 15.7 Å². The Morgan fingerprint density at radius 3 is 2.41 bits per heavy atom. The zero-order chi connectivity index (χ0) is 12.3. The predicted octanol–water partition coefficient (Wildman–Crippen LogP) is 3.24. The van der Waals surface area contributed by atoms with E-state index in [9.17, 15) is 0 Å². The Labute approximate surface area is 100 Å². The molecule has 3 heteroatoms. The Hall–Kier alpha value is -2.47. The molecule has 2 aromatic rings.